The van der Waals surface area contributed by atoms with E-state index < -0.39 is 9.85 Å². The lowest BCUT2D eigenvalue weighted by Crippen LogP contribution is -2.30. The molecule has 0 unspecified atom stereocenters. The molecule has 4 N–H and O–H groups in total. The summed E-state index contributed by atoms with van der Waals surface area (Å²) in [5, 5.41) is 35.9. The Balaban J connectivity index is 1.98. The largest absolute Gasteiger partial charge is 0.379 e. The van der Waals surface area contributed by atoms with Crippen LogP contribution in [0, 0.1) is 20.2 Å². The summed E-state index contributed by atoms with van der Waals surface area (Å²) in [5.74, 6) is -0.363. The van der Waals surface area contributed by atoms with E-state index in [2.05, 4.69) is 20.4 Å². The van der Waals surface area contributed by atoms with Crippen LogP contribution in [-0.2, 0) is 0 Å². The molecular weight excluding hydrogens is 368 g/mol. The Morgan fingerprint density at radius 1 is 0.714 bits per heavy atom. The molecule has 0 saturated heterocycles. The van der Waals surface area contributed by atoms with Crippen LogP contribution in [0.2, 0.25) is 0 Å². The first kappa shape index (κ1) is 19.8. The molecule has 142 valence electrons. The van der Waals surface area contributed by atoms with Crippen LogP contribution in [0.5, 0.6) is 0 Å². The number of non-ortho nitro benzene ring substituents is 2. The minimum atomic E-state index is -0.509. The summed E-state index contributed by atoms with van der Waals surface area (Å²) in [6.45, 7) is 0. The first-order valence-corrected chi connectivity index (χ1v) is 7.59. The van der Waals surface area contributed by atoms with Gasteiger partial charge in [0, 0.05) is 24.3 Å². The van der Waals surface area contributed by atoms with E-state index in [0.29, 0.717) is 11.1 Å². The molecular formula is C16H14N8O4. The number of nitro benzene ring substituents is 2. The topological polar surface area (TPSA) is 188 Å². The number of nitro groups is 2. The number of rotatable bonds is 6. The second-order valence-corrected chi connectivity index (χ2v) is 5.16. The van der Waals surface area contributed by atoms with Gasteiger partial charge in [0.2, 0.25) is 0 Å². The molecule has 12 nitrogen and oxygen atoms in total. The van der Waals surface area contributed by atoms with Crippen LogP contribution in [0.1, 0.15) is 11.1 Å². The second kappa shape index (κ2) is 9.28. The first-order chi connectivity index (χ1) is 13.4. The Morgan fingerprint density at radius 3 is 1.32 bits per heavy atom. The Hall–Kier alpha value is -4.48. The third-order valence-corrected chi connectivity index (χ3v) is 3.21. The molecule has 2 aromatic carbocycles. The highest BCUT2D eigenvalue weighted by Gasteiger charge is 2.03. The molecule has 12 heteroatoms. The van der Waals surface area contributed by atoms with Crippen molar-refractivity contribution in [2.24, 2.45) is 31.9 Å². The van der Waals surface area contributed by atoms with Gasteiger partial charge < -0.3 is 11.5 Å². The van der Waals surface area contributed by atoms with Gasteiger partial charge in [-0.1, -0.05) is 0 Å². The van der Waals surface area contributed by atoms with Gasteiger partial charge in [0.15, 0.2) is 11.7 Å². The molecule has 0 heterocycles. The Labute approximate surface area is 157 Å². The summed E-state index contributed by atoms with van der Waals surface area (Å²) < 4.78 is 0. The van der Waals surface area contributed by atoms with Crippen molar-refractivity contribution in [2.75, 3.05) is 0 Å². The Morgan fingerprint density at radius 2 is 1.04 bits per heavy atom. The standard InChI is InChI=1S/C16H14N8O4/c17-15(21-19-9-11-1-5-13(6-2-11)23(25)26)16(18)22-20-10-12-3-7-14(8-4-12)24(27)28/h1-10H,(H2,17,21)(H2,18,22)/b19-9-,20-10+. The summed E-state index contributed by atoms with van der Waals surface area (Å²) in [6.07, 6.45) is 2.67. The van der Waals surface area contributed by atoms with Crippen LogP contribution >= 0.6 is 0 Å². The lowest BCUT2D eigenvalue weighted by atomic mass is 10.2. The molecule has 2 rings (SSSR count). The smallest absolute Gasteiger partial charge is 0.269 e. The zero-order valence-corrected chi connectivity index (χ0v) is 14.2. The molecule has 0 aliphatic rings. The highest BCUT2D eigenvalue weighted by atomic mass is 16.6. The fourth-order valence-corrected chi connectivity index (χ4v) is 1.78. The van der Waals surface area contributed by atoms with Gasteiger partial charge in [-0.2, -0.15) is 10.2 Å². The molecule has 0 aliphatic heterocycles. The van der Waals surface area contributed by atoms with Gasteiger partial charge in [-0.25, -0.2) is 0 Å². The molecule has 0 saturated carbocycles. The summed E-state index contributed by atoms with van der Waals surface area (Å²) >= 11 is 0. The summed E-state index contributed by atoms with van der Waals surface area (Å²) in [4.78, 5) is 20.1. The van der Waals surface area contributed by atoms with Crippen LogP contribution < -0.4 is 11.5 Å². The minimum Gasteiger partial charge on any atom is -0.379 e. The molecule has 0 fully saturated rings. The number of hydrogen-bond acceptors (Lipinski definition) is 8. The molecule has 0 radical (unpaired) electrons. The van der Waals surface area contributed by atoms with Gasteiger partial charge in [-0.15, -0.1) is 10.2 Å². The highest BCUT2D eigenvalue weighted by molar-refractivity contribution is 6.39. The number of hydrogen-bond donors (Lipinski definition) is 2. The Bertz CT molecular complexity index is 897. The lowest BCUT2D eigenvalue weighted by Gasteiger charge is -1.95. The van der Waals surface area contributed by atoms with E-state index in [1.807, 2.05) is 0 Å². The van der Waals surface area contributed by atoms with Gasteiger partial charge in [0.1, 0.15) is 0 Å². The third kappa shape index (κ3) is 5.80. The maximum atomic E-state index is 10.6. The van der Waals surface area contributed by atoms with Gasteiger partial charge in [-0.3, -0.25) is 20.2 Å². The highest BCUT2D eigenvalue weighted by Crippen LogP contribution is 2.11. The number of nitrogens with two attached hydrogens (primary N) is 2. The van der Waals surface area contributed by atoms with Crippen molar-refractivity contribution >= 4 is 35.5 Å². The molecule has 0 spiro atoms. The number of benzene rings is 2. The number of nitrogens with zero attached hydrogens (tertiary/aromatic N) is 6. The molecule has 0 atom stereocenters. The van der Waals surface area contributed by atoms with Crippen molar-refractivity contribution in [1.29, 1.82) is 0 Å². The Kier molecular flexibility index (Phi) is 6.58. The quantitative estimate of drug-likeness (QED) is 0.330. The van der Waals surface area contributed by atoms with Crippen LogP contribution in [0.15, 0.2) is 68.9 Å². The van der Waals surface area contributed by atoms with E-state index in [-0.39, 0.29) is 23.0 Å². The fraction of sp³-hybridized carbons (Fsp3) is 0. The monoisotopic (exact) mass is 382 g/mol. The van der Waals surface area contributed by atoms with E-state index in [9.17, 15) is 20.2 Å². The predicted molar refractivity (Wildman–Crippen MR) is 105 cm³/mol. The molecule has 0 bridgehead atoms. The predicted octanol–water partition coefficient (Wildman–Crippen LogP) is 1.59. The lowest BCUT2D eigenvalue weighted by molar-refractivity contribution is -0.385. The maximum absolute atomic E-state index is 10.6. The molecule has 28 heavy (non-hydrogen) atoms. The van der Waals surface area contributed by atoms with Crippen LogP contribution in [0.4, 0.5) is 11.4 Å². The van der Waals surface area contributed by atoms with Crippen LogP contribution in [-0.4, -0.2) is 33.9 Å². The third-order valence-electron chi connectivity index (χ3n) is 3.21. The summed E-state index contributed by atoms with van der Waals surface area (Å²) in [7, 11) is 0. The van der Waals surface area contributed by atoms with Crippen molar-refractivity contribution in [3.05, 3.63) is 79.9 Å². The normalized spacial score (nSPS) is 12.6. The number of amidine groups is 2. The van der Waals surface area contributed by atoms with E-state index in [1.54, 1.807) is 0 Å². The van der Waals surface area contributed by atoms with Gasteiger partial charge >= 0.3 is 0 Å². The van der Waals surface area contributed by atoms with E-state index in [1.165, 1.54) is 61.0 Å². The van der Waals surface area contributed by atoms with Crippen LogP contribution in [0.3, 0.4) is 0 Å². The van der Waals surface area contributed by atoms with Crippen molar-refractivity contribution in [3.63, 3.8) is 0 Å². The van der Waals surface area contributed by atoms with Gasteiger partial charge in [0.25, 0.3) is 11.4 Å². The molecule has 2 aromatic rings. The van der Waals surface area contributed by atoms with Gasteiger partial charge in [-0.05, 0) is 35.4 Å². The molecule has 0 aromatic heterocycles. The van der Waals surface area contributed by atoms with E-state index in [4.69, 9.17) is 11.5 Å². The minimum absolute atomic E-state index is 0.0394. The van der Waals surface area contributed by atoms with Crippen LogP contribution in [0.25, 0.3) is 0 Å². The van der Waals surface area contributed by atoms with E-state index >= 15 is 0 Å². The fourth-order valence-electron chi connectivity index (χ4n) is 1.78. The van der Waals surface area contributed by atoms with E-state index in [0.717, 1.165) is 0 Å². The average Bonchev–Trinajstić information content (AvgIpc) is 2.68. The van der Waals surface area contributed by atoms with Crippen molar-refractivity contribution in [3.8, 4) is 0 Å². The van der Waals surface area contributed by atoms with Crippen molar-refractivity contribution < 1.29 is 9.85 Å². The maximum Gasteiger partial charge on any atom is 0.269 e. The molecule has 0 amide bonds. The average molecular weight is 382 g/mol. The SMILES string of the molecule is NC(=N/N=C\c1ccc([N+](=O)[O-])cc1)C(N)=N/N=C/c1ccc([N+](=O)[O-])cc1. The summed E-state index contributed by atoms with van der Waals surface area (Å²) in [6, 6.07) is 11.3. The second-order valence-electron chi connectivity index (χ2n) is 5.16. The van der Waals surface area contributed by atoms with Crippen molar-refractivity contribution in [2.45, 2.75) is 0 Å². The zero-order chi connectivity index (χ0) is 20.5. The first-order valence-electron chi connectivity index (χ1n) is 7.59. The van der Waals surface area contributed by atoms with Crippen molar-refractivity contribution in [1.82, 2.24) is 0 Å². The van der Waals surface area contributed by atoms with Gasteiger partial charge in [0.05, 0.1) is 22.3 Å². The molecule has 0 aliphatic carbocycles. The summed E-state index contributed by atoms with van der Waals surface area (Å²) in [5.41, 5.74) is 12.3. The zero-order valence-electron chi connectivity index (χ0n) is 14.2.